The molecule has 16 heavy (non-hydrogen) atoms. The second-order valence-electron chi connectivity index (χ2n) is 3.11. The number of thioether (sulfide) groups is 1. The Morgan fingerprint density at radius 1 is 1.19 bits per heavy atom. The van der Waals surface area contributed by atoms with Crippen molar-refractivity contribution in [2.45, 2.75) is 4.90 Å². The predicted molar refractivity (Wildman–Crippen MR) is 64.2 cm³/mol. The van der Waals surface area contributed by atoms with Crippen molar-refractivity contribution in [1.82, 2.24) is 4.98 Å². The summed E-state index contributed by atoms with van der Waals surface area (Å²) in [6.45, 7) is 0. The van der Waals surface area contributed by atoms with E-state index >= 15 is 0 Å². The van der Waals surface area contributed by atoms with Crippen molar-refractivity contribution in [3.63, 3.8) is 0 Å². The number of ether oxygens (including phenoxy) is 1. The number of benzene rings is 1. The van der Waals surface area contributed by atoms with Crippen molar-refractivity contribution in [2.75, 3.05) is 6.26 Å². The average Bonchev–Trinajstić information content (AvgIpc) is 2.31. The maximum atomic E-state index is 9.61. The van der Waals surface area contributed by atoms with E-state index in [-0.39, 0.29) is 5.75 Å². The van der Waals surface area contributed by atoms with E-state index in [2.05, 4.69) is 4.98 Å². The summed E-state index contributed by atoms with van der Waals surface area (Å²) in [5.74, 6) is 1.44. The number of hydrogen-bond acceptors (Lipinski definition) is 4. The van der Waals surface area contributed by atoms with Crippen molar-refractivity contribution >= 4 is 11.8 Å². The van der Waals surface area contributed by atoms with Gasteiger partial charge in [0, 0.05) is 0 Å². The van der Waals surface area contributed by atoms with Gasteiger partial charge in [0.05, 0.1) is 17.3 Å². The summed E-state index contributed by atoms with van der Waals surface area (Å²) in [6.07, 6.45) is 4.88. The summed E-state index contributed by atoms with van der Waals surface area (Å²) in [7, 11) is 0. The van der Waals surface area contributed by atoms with Crippen LogP contribution < -0.4 is 4.74 Å². The van der Waals surface area contributed by atoms with Gasteiger partial charge in [0.2, 0.25) is 0 Å². The van der Waals surface area contributed by atoms with Gasteiger partial charge in [0.15, 0.2) is 11.5 Å². The average molecular weight is 233 g/mol. The molecule has 1 heterocycles. The summed E-state index contributed by atoms with van der Waals surface area (Å²) in [5, 5.41) is 9.61. The number of rotatable bonds is 3. The van der Waals surface area contributed by atoms with Gasteiger partial charge in [0.1, 0.15) is 5.75 Å². The summed E-state index contributed by atoms with van der Waals surface area (Å²) >= 11 is 1.43. The molecule has 0 unspecified atom stereocenters. The van der Waals surface area contributed by atoms with Crippen LogP contribution in [-0.4, -0.2) is 16.3 Å². The lowest BCUT2D eigenvalue weighted by Crippen LogP contribution is -1.88. The van der Waals surface area contributed by atoms with E-state index in [1.165, 1.54) is 18.0 Å². The Morgan fingerprint density at radius 2 is 1.94 bits per heavy atom. The van der Waals surface area contributed by atoms with Gasteiger partial charge >= 0.3 is 0 Å². The Kier molecular flexibility index (Phi) is 3.31. The Balaban J connectivity index is 2.31. The van der Waals surface area contributed by atoms with Crippen LogP contribution in [0.15, 0.2) is 47.6 Å². The smallest absolute Gasteiger partial charge is 0.162 e. The minimum atomic E-state index is 0.140. The summed E-state index contributed by atoms with van der Waals surface area (Å²) in [4.78, 5) is 4.59. The lowest BCUT2D eigenvalue weighted by atomic mass is 10.3. The molecule has 2 aromatic rings. The van der Waals surface area contributed by atoms with Crippen LogP contribution in [-0.2, 0) is 0 Å². The van der Waals surface area contributed by atoms with E-state index in [0.717, 1.165) is 5.75 Å². The Bertz CT molecular complexity index is 474. The van der Waals surface area contributed by atoms with Crippen molar-refractivity contribution in [1.29, 1.82) is 0 Å². The number of para-hydroxylation sites is 1. The van der Waals surface area contributed by atoms with Crippen LogP contribution in [0.25, 0.3) is 0 Å². The monoisotopic (exact) mass is 233 g/mol. The van der Waals surface area contributed by atoms with E-state index in [0.29, 0.717) is 10.6 Å². The van der Waals surface area contributed by atoms with Crippen LogP contribution in [0.2, 0.25) is 0 Å². The van der Waals surface area contributed by atoms with Gasteiger partial charge in [-0.1, -0.05) is 18.2 Å². The third-order valence-electron chi connectivity index (χ3n) is 2.02. The minimum Gasteiger partial charge on any atom is -0.505 e. The van der Waals surface area contributed by atoms with Crippen LogP contribution in [0.4, 0.5) is 0 Å². The summed E-state index contributed by atoms with van der Waals surface area (Å²) in [6, 6.07) is 9.42. The second kappa shape index (κ2) is 4.90. The highest BCUT2D eigenvalue weighted by molar-refractivity contribution is 7.98. The molecule has 2 rings (SSSR count). The molecule has 0 spiro atoms. The summed E-state index contributed by atoms with van der Waals surface area (Å²) < 4.78 is 5.64. The molecule has 0 radical (unpaired) electrons. The fourth-order valence-corrected chi connectivity index (χ4v) is 1.87. The number of aromatic nitrogens is 1. The van der Waals surface area contributed by atoms with Crippen LogP contribution >= 0.6 is 11.8 Å². The maximum absolute atomic E-state index is 9.61. The first-order valence-electron chi connectivity index (χ1n) is 4.75. The van der Waals surface area contributed by atoms with E-state index in [9.17, 15) is 5.11 Å². The topological polar surface area (TPSA) is 42.4 Å². The SMILES string of the molecule is CSc1c(O)cncc1Oc1ccccc1. The van der Waals surface area contributed by atoms with Gasteiger partial charge in [-0.05, 0) is 18.4 Å². The number of aromatic hydroxyl groups is 1. The minimum absolute atomic E-state index is 0.140. The molecule has 0 amide bonds. The molecule has 4 heteroatoms. The third-order valence-corrected chi connectivity index (χ3v) is 2.84. The van der Waals surface area contributed by atoms with Crippen LogP contribution in [0.5, 0.6) is 17.2 Å². The van der Waals surface area contributed by atoms with Gasteiger partial charge in [-0.3, -0.25) is 4.98 Å². The molecule has 1 aromatic heterocycles. The van der Waals surface area contributed by atoms with Crippen molar-refractivity contribution in [3.05, 3.63) is 42.7 Å². The first-order chi connectivity index (χ1) is 7.81. The Labute approximate surface area is 98.1 Å². The Morgan fingerprint density at radius 3 is 2.62 bits per heavy atom. The molecule has 0 fully saturated rings. The fourth-order valence-electron chi connectivity index (χ4n) is 1.31. The van der Waals surface area contributed by atoms with Crippen LogP contribution in [0.1, 0.15) is 0 Å². The molecule has 0 aliphatic rings. The number of pyridine rings is 1. The lowest BCUT2D eigenvalue weighted by Gasteiger charge is -2.09. The lowest BCUT2D eigenvalue weighted by molar-refractivity contribution is 0.429. The van der Waals surface area contributed by atoms with Gasteiger partial charge in [-0.25, -0.2) is 0 Å². The maximum Gasteiger partial charge on any atom is 0.162 e. The van der Waals surface area contributed by atoms with Crippen molar-refractivity contribution in [3.8, 4) is 17.2 Å². The highest BCUT2D eigenvalue weighted by Gasteiger charge is 2.09. The first-order valence-corrected chi connectivity index (χ1v) is 5.97. The largest absolute Gasteiger partial charge is 0.505 e. The van der Waals surface area contributed by atoms with E-state index in [1.807, 2.05) is 36.6 Å². The van der Waals surface area contributed by atoms with Gasteiger partial charge in [0.25, 0.3) is 0 Å². The van der Waals surface area contributed by atoms with Crippen molar-refractivity contribution in [2.24, 2.45) is 0 Å². The molecule has 1 N–H and O–H groups in total. The van der Waals surface area contributed by atoms with E-state index in [4.69, 9.17) is 4.74 Å². The zero-order valence-electron chi connectivity index (χ0n) is 8.75. The summed E-state index contributed by atoms with van der Waals surface area (Å²) in [5.41, 5.74) is 0. The molecule has 3 nitrogen and oxygen atoms in total. The first kappa shape index (κ1) is 10.8. The quantitative estimate of drug-likeness (QED) is 0.826. The fraction of sp³-hybridized carbons (Fsp3) is 0.0833. The molecule has 0 saturated carbocycles. The molecule has 0 atom stereocenters. The highest BCUT2D eigenvalue weighted by atomic mass is 32.2. The standard InChI is InChI=1S/C12H11NO2S/c1-16-12-10(14)7-13-8-11(12)15-9-5-3-2-4-6-9/h2-8,14H,1H3. The predicted octanol–water partition coefficient (Wildman–Crippen LogP) is 3.30. The molecule has 82 valence electrons. The molecule has 1 aromatic carbocycles. The molecule has 0 aliphatic carbocycles. The van der Waals surface area contributed by atoms with E-state index in [1.54, 1.807) is 6.20 Å². The van der Waals surface area contributed by atoms with Crippen LogP contribution in [0.3, 0.4) is 0 Å². The van der Waals surface area contributed by atoms with Crippen LogP contribution in [0, 0.1) is 0 Å². The number of hydrogen-bond donors (Lipinski definition) is 1. The zero-order valence-corrected chi connectivity index (χ0v) is 9.57. The van der Waals surface area contributed by atoms with Gasteiger partial charge < -0.3 is 9.84 Å². The van der Waals surface area contributed by atoms with E-state index < -0.39 is 0 Å². The molecule has 0 saturated heterocycles. The normalized spacial score (nSPS) is 10.1. The molecular formula is C12H11NO2S. The Hall–Kier alpha value is -1.68. The molecule has 0 bridgehead atoms. The second-order valence-corrected chi connectivity index (χ2v) is 3.92. The van der Waals surface area contributed by atoms with Gasteiger partial charge in [-0.15, -0.1) is 11.8 Å². The van der Waals surface area contributed by atoms with Crippen molar-refractivity contribution < 1.29 is 9.84 Å². The molecular weight excluding hydrogens is 222 g/mol. The number of nitrogens with zero attached hydrogens (tertiary/aromatic N) is 1. The van der Waals surface area contributed by atoms with Gasteiger partial charge in [-0.2, -0.15) is 0 Å². The highest BCUT2D eigenvalue weighted by Crippen LogP contribution is 2.36. The third kappa shape index (κ3) is 2.28. The molecule has 0 aliphatic heterocycles. The zero-order chi connectivity index (χ0) is 11.4.